The van der Waals surface area contributed by atoms with E-state index < -0.39 is 6.03 Å². The van der Waals surface area contributed by atoms with Crippen molar-refractivity contribution in [2.75, 3.05) is 6.54 Å². The van der Waals surface area contributed by atoms with Crippen LogP contribution in [0.2, 0.25) is 0 Å². The Labute approximate surface area is 113 Å². The average Bonchev–Trinajstić information content (AvgIpc) is 2.33. The van der Waals surface area contributed by atoms with Crippen LogP contribution >= 0.6 is 12.4 Å². The van der Waals surface area contributed by atoms with Gasteiger partial charge in [0, 0.05) is 6.54 Å². The van der Waals surface area contributed by atoms with Gasteiger partial charge in [-0.2, -0.15) is 4.99 Å². The third kappa shape index (κ3) is 6.70. The van der Waals surface area contributed by atoms with Gasteiger partial charge in [0.2, 0.25) is 0 Å². The van der Waals surface area contributed by atoms with Crippen LogP contribution in [0.25, 0.3) is 6.08 Å². The molecule has 4 nitrogen and oxygen atoms in total. The van der Waals surface area contributed by atoms with E-state index in [0.717, 1.165) is 18.5 Å². The molecule has 0 fully saturated rings. The van der Waals surface area contributed by atoms with Gasteiger partial charge in [0.1, 0.15) is 5.84 Å². The van der Waals surface area contributed by atoms with E-state index in [1.165, 1.54) is 0 Å². The first kappa shape index (κ1) is 16.2. The number of amidine groups is 1. The highest BCUT2D eigenvalue weighted by Gasteiger charge is 1.95. The van der Waals surface area contributed by atoms with Crippen LogP contribution in [0.15, 0.2) is 41.4 Å². The maximum absolute atomic E-state index is 10.7. The van der Waals surface area contributed by atoms with E-state index in [0.29, 0.717) is 5.84 Å². The lowest BCUT2D eigenvalue weighted by Crippen LogP contribution is -2.24. The molecule has 3 N–H and O–H groups in total. The number of urea groups is 1. The van der Waals surface area contributed by atoms with Crippen LogP contribution in [0, 0.1) is 0 Å². The fraction of sp³-hybridized carbons (Fsp3) is 0.231. The second-order valence-corrected chi connectivity index (χ2v) is 3.51. The molecular weight excluding hydrogens is 250 g/mol. The molecule has 0 bridgehead atoms. The van der Waals surface area contributed by atoms with Crippen molar-refractivity contribution in [3.8, 4) is 0 Å². The second-order valence-electron chi connectivity index (χ2n) is 3.51. The third-order valence-electron chi connectivity index (χ3n) is 2.02. The highest BCUT2D eigenvalue weighted by molar-refractivity contribution is 6.02. The van der Waals surface area contributed by atoms with Crippen LogP contribution in [0.3, 0.4) is 0 Å². The quantitative estimate of drug-likeness (QED) is 0.650. The molecule has 0 aliphatic carbocycles. The van der Waals surface area contributed by atoms with E-state index in [9.17, 15) is 4.79 Å². The van der Waals surface area contributed by atoms with E-state index in [1.807, 2.05) is 43.3 Å². The zero-order valence-corrected chi connectivity index (χ0v) is 11.1. The molecule has 1 aromatic carbocycles. The number of carbonyl (C=O) groups excluding carboxylic acids is 1. The number of halogens is 1. The van der Waals surface area contributed by atoms with Crippen molar-refractivity contribution in [2.45, 2.75) is 13.3 Å². The minimum absolute atomic E-state index is 0. The molecule has 18 heavy (non-hydrogen) atoms. The largest absolute Gasteiger partial charge is 0.370 e. The first-order valence-electron chi connectivity index (χ1n) is 5.57. The van der Waals surface area contributed by atoms with E-state index in [4.69, 9.17) is 5.73 Å². The molecule has 1 rings (SSSR count). The van der Waals surface area contributed by atoms with Crippen molar-refractivity contribution in [1.29, 1.82) is 0 Å². The number of hydrogen-bond donors (Lipinski definition) is 2. The van der Waals surface area contributed by atoms with Gasteiger partial charge < -0.3 is 11.1 Å². The Morgan fingerprint density at radius 3 is 2.61 bits per heavy atom. The van der Waals surface area contributed by atoms with Crippen LogP contribution in [-0.4, -0.2) is 18.4 Å². The van der Waals surface area contributed by atoms with Crippen LogP contribution in [-0.2, 0) is 0 Å². The second kappa shape index (κ2) is 9.24. The van der Waals surface area contributed by atoms with Crippen molar-refractivity contribution >= 4 is 30.3 Å². The molecule has 0 aliphatic rings. The van der Waals surface area contributed by atoms with Crippen LogP contribution in [0.4, 0.5) is 4.79 Å². The van der Waals surface area contributed by atoms with E-state index >= 15 is 0 Å². The van der Waals surface area contributed by atoms with Crippen molar-refractivity contribution < 1.29 is 4.79 Å². The molecule has 0 heterocycles. The molecule has 0 spiro atoms. The highest BCUT2D eigenvalue weighted by atomic mass is 35.5. The number of nitrogens with one attached hydrogen (secondary N) is 1. The summed E-state index contributed by atoms with van der Waals surface area (Å²) in [6, 6.07) is 9.09. The van der Waals surface area contributed by atoms with Crippen LogP contribution in [0.5, 0.6) is 0 Å². The fourth-order valence-electron chi connectivity index (χ4n) is 1.25. The average molecular weight is 268 g/mol. The number of nitrogens with two attached hydrogens (primary N) is 1. The molecular formula is C13H18ClN3O. The van der Waals surface area contributed by atoms with Gasteiger partial charge in [0.05, 0.1) is 0 Å². The van der Waals surface area contributed by atoms with E-state index in [1.54, 1.807) is 6.08 Å². The summed E-state index contributed by atoms with van der Waals surface area (Å²) < 4.78 is 0. The summed E-state index contributed by atoms with van der Waals surface area (Å²) in [6.07, 6.45) is 4.58. The van der Waals surface area contributed by atoms with E-state index in [2.05, 4.69) is 10.3 Å². The van der Waals surface area contributed by atoms with Gasteiger partial charge in [-0.1, -0.05) is 43.3 Å². The normalized spacial score (nSPS) is 11.1. The molecule has 5 heteroatoms. The Morgan fingerprint density at radius 2 is 2.06 bits per heavy atom. The van der Waals surface area contributed by atoms with Gasteiger partial charge in [0.25, 0.3) is 0 Å². The highest BCUT2D eigenvalue weighted by Crippen LogP contribution is 2.00. The van der Waals surface area contributed by atoms with Crippen molar-refractivity contribution in [3.05, 3.63) is 42.0 Å². The molecule has 0 aliphatic heterocycles. The predicted octanol–water partition coefficient (Wildman–Crippen LogP) is 2.60. The third-order valence-corrected chi connectivity index (χ3v) is 2.02. The summed E-state index contributed by atoms with van der Waals surface area (Å²) in [4.78, 5) is 14.4. The van der Waals surface area contributed by atoms with Crippen LogP contribution < -0.4 is 11.1 Å². The first-order valence-corrected chi connectivity index (χ1v) is 5.57. The fourth-order valence-corrected chi connectivity index (χ4v) is 1.25. The molecule has 0 aromatic heterocycles. The molecule has 0 radical (unpaired) electrons. The maximum Gasteiger partial charge on any atom is 0.340 e. The predicted molar refractivity (Wildman–Crippen MR) is 78.0 cm³/mol. The number of hydrogen-bond acceptors (Lipinski definition) is 1. The molecule has 0 atom stereocenters. The number of amides is 2. The van der Waals surface area contributed by atoms with Crippen molar-refractivity contribution in [2.24, 2.45) is 10.7 Å². The summed E-state index contributed by atoms with van der Waals surface area (Å²) in [7, 11) is 0. The standard InChI is InChI=1S/C13H17N3O.ClH/c1-2-10-15-12(16-13(14)17)9-8-11-6-4-3-5-7-11;/h3-9H,2,10H2,1H3,(H3,14,15,16,17);1H. The van der Waals surface area contributed by atoms with Crippen molar-refractivity contribution in [3.63, 3.8) is 0 Å². The number of rotatable bonds is 4. The Morgan fingerprint density at radius 1 is 1.39 bits per heavy atom. The minimum atomic E-state index is -0.693. The number of primary amides is 1. The molecule has 2 amide bonds. The Balaban J connectivity index is 0.00000289. The molecule has 98 valence electrons. The minimum Gasteiger partial charge on any atom is -0.370 e. The monoisotopic (exact) mass is 267 g/mol. The summed E-state index contributed by atoms with van der Waals surface area (Å²) in [5.41, 5.74) is 6.08. The van der Waals surface area contributed by atoms with Gasteiger partial charge in [0.15, 0.2) is 0 Å². The maximum atomic E-state index is 10.7. The first-order chi connectivity index (χ1) is 8.22. The topological polar surface area (TPSA) is 67.5 Å². The van der Waals surface area contributed by atoms with Gasteiger partial charge in [-0.25, -0.2) is 4.79 Å². The summed E-state index contributed by atoms with van der Waals surface area (Å²) in [5, 5.41) is 3.03. The Bertz CT molecular complexity index is 416. The number of benzene rings is 1. The summed E-state index contributed by atoms with van der Waals surface area (Å²) in [5.74, 6) is 0.489. The lowest BCUT2D eigenvalue weighted by molar-refractivity contribution is 0.256. The zero-order valence-electron chi connectivity index (χ0n) is 10.3. The number of aliphatic imine (C=N–C) groups is 1. The van der Waals surface area contributed by atoms with Crippen molar-refractivity contribution in [1.82, 2.24) is 5.32 Å². The molecule has 0 saturated heterocycles. The zero-order chi connectivity index (χ0) is 12.5. The van der Waals surface area contributed by atoms with Gasteiger partial charge in [-0.15, -0.1) is 12.4 Å². The number of nitrogens with zero attached hydrogens (tertiary/aromatic N) is 1. The Hall–Kier alpha value is -1.81. The molecule has 0 unspecified atom stereocenters. The van der Waals surface area contributed by atoms with Gasteiger partial charge in [-0.3, -0.25) is 0 Å². The van der Waals surface area contributed by atoms with E-state index in [-0.39, 0.29) is 12.4 Å². The van der Waals surface area contributed by atoms with Gasteiger partial charge in [-0.05, 0) is 18.1 Å². The molecule has 0 saturated carbocycles. The lowest BCUT2D eigenvalue weighted by atomic mass is 10.2. The van der Waals surface area contributed by atoms with Crippen LogP contribution in [0.1, 0.15) is 18.9 Å². The Kier molecular flexibility index (Phi) is 8.31. The SMILES string of the molecule is CCCNC(C=Cc1ccccc1)=NC(N)=O.Cl. The smallest absolute Gasteiger partial charge is 0.340 e. The summed E-state index contributed by atoms with van der Waals surface area (Å²) >= 11 is 0. The number of carbonyl (C=O) groups is 1. The van der Waals surface area contributed by atoms with Gasteiger partial charge >= 0.3 is 6.03 Å². The lowest BCUT2D eigenvalue weighted by Gasteiger charge is -2.03. The summed E-state index contributed by atoms with van der Waals surface area (Å²) in [6.45, 7) is 2.79. The molecule has 1 aromatic rings.